The molecule has 0 saturated carbocycles. The molecule has 15 heavy (non-hydrogen) atoms. The number of nitrogens with zero attached hydrogens (tertiary/aromatic N) is 3. The number of fused-ring (bicyclic) bond motifs is 2. The molecule has 2 fully saturated rings. The third kappa shape index (κ3) is 1.60. The monoisotopic (exact) mass is 223 g/mol. The standard InChI is InChI=1S/C11H17N3S/c1-7(2)10-12-11(15-13-10)9-6-14-4-3-8(9)5-14/h7-9H,3-6H2,1-2H3/t8?,9-/m0/s1. The lowest BCUT2D eigenvalue weighted by Gasteiger charge is -2.19. The zero-order valence-electron chi connectivity index (χ0n) is 9.31. The van der Waals surface area contributed by atoms with E-state index in [0.29, 0.717) is 11.8 Å². The van der Waals surface area contributed by atoms with Gasteiger partial charge in [0, 0.05) is 24.9 Å². The highest BCUT2D eigenvalue weighted by molar-refractivity contribution is 7.05. The molecule has 1 aromatic heterocycles. The molecule has 0 amide bonds. The summed E-state index contributed by atoms with van der Waals surface area (Å²) in [5.74, 6) is 3.04. The van der Waals surface area contributed by atoms with E-state index in [4.69, 9.17) is 4.98 Å². The molecule has 4 heteroatoms. The second-order valence-electron chi connectivity index (χ2n) is 5.06. The number of hydrogen-bond acceptors (Lipinski definition) is 4. The van der Waals surface area contributed by atoms with E-state index in [-0.39, 0.29) is 0 Å². The first-order valence-corrected chi connectivity index (χ1v) is 6.57. The minimum absolute atomic E-state index is 0.467. The van der Waals surface area contributed by atoms with Crippen molar-refractivity contribution in [2.45, 2.75) is 32.1 Å². The molecule has 1 aromatic rings. The van der Waals surface area contributed by atoms with Gasteiger partial charge in [-0.15, -0.1) is 0 Å². The van der Waals surface area contributed by atoms with Gasteiger partial charge in [-0.1, -0.05) is 13.8 Å². The summed E-state index contributed by atoms with van der Waals surface area (Å²) in [5, 5.41) is 1.28. The Balaban J connectivity index is 1.81. The third-order valence-electron chi connectivity index (χ3n) is 3.62. The van der Waals surface area contributed by atoms with Crippen LogP contribution in [0.3, 0.4) is 0 Å². The van der Waals surface area contributed by atoms with E-state index in [0.717, 1.165) is 11.7 Å². The van der Waals surface area contributed by atoms with Crippen molar-refractivity contribution in [2.75, 3.05) is 19.6 Å². The number of rotatable bonds is 2. The molecule has 0 aromatic carbocycles. The second-order valence-corrected chi connectivity index (χ2v) is 5.84. The maximum absolute atomic E-state index is 4.69. The summed E-state index contributed by atoms with van der Waals surface area (Å²) in [6, 6.07) is 0. The molecule has 3 nitrogen and oxygen atoms in total. The van der Waals surface area contributed by atoms with Crippen LogP contribution in [0.5, 0.6) is 0 Å². The Bertz CT molecular complexity index is 360. The molecule has 2 aliphatic heterocycles. The van der Waals surface area contributed by atoms with Crippen LogP contribution in [0, 0.1) is 5.92 Å². The molecule has 2 saturated heterocycles. The molecule has 2 unspecified atom stereocenters. The fourth-order valence-corrected chi connectivity index (χ4v) is 3.67. The largest absolute Gasteiger partial charge is 0.302 e. The normalized spacial score (nSPS) is 34.2. The maximum atomic E-state index is 4.69. The van der Waals surface area contributed by atoms with Gasteiger partial charge < -0.3 is 4.90 Å². The Morgan fingerprint density at radius 3 is 2.80 bits per heavy atom. The molecule has 0 spiro atoms. The van der Waals surface area contributed by atoms with Crippen molar-refractivity contribution in [3.8, 4) is 0 Å². The van der Waals surface area contributed by atoms with Gasteiger partial charge in [0.15, 0.2) is 0 Å². The second kappa shape index (κ2) is 3.52. The van der Waals surface area contributed by atoms with Crippen LogP contribution in [-0.2, 0) is 0 Å². The summed E-state index contributed by atoms with van der Waals surface area (Å²) < 4.78 is 4.46. The quantitative estimate of drug-likeness (QED) is 0.768. The van der Waals surface area contributed by atoms with E-state index in [2.05, 4.69) is 23.1 Å². The van der Waals surface area contributed by atoms with Crippen molar-refractivity contribution in [1.29, 1.82) is 0 Å². The van der Waals surface area contributed by atoms with Gasteiger partial charge in [-0.3, -0.25) is 0 Å². The Hall–Kier alpha value is -0.480. The molecule has 2 aliphatic rings. The van der Waals surface area contributed by atoms with Gasteiger partial charge >= 0.3 is 0 Å². The highest BCUT2D eigenvalue weighted by Gasteiger charge is 2.40. The van der Waals surface area contributed by atoms with Gasteiger partial charge in [-0.05, 0) is 30.4 Å². The first-order chi connectivity index (χ1) is 7.24. The Labute approximate surface area is 94.7 Å². The van der Waals surface area contributed by atoms with E-state index in [9.17, 15) is 0 Å². The first-order valence-electron chi connectivity index (χ1n) is 5.80. The molecule has 3 atom stereocenters. The van der Waals surface area contributed by atoms with Crippen molar-refractivity contribution < 1.29 is 0 Å². The summed E-state index contributed by atoms with van der Waals surface area (Å²) in [4.78, 5) is 7.25. The van der Waals surface area contributed by atoms with Crippen molar-refractivity contribution in [1.82, 2.24) is 14.3 Å². The molecule has 82 valence electrons. The van der Waals surface area contributed by atoms with E-state index in [1.807, 2.05) is 0 Å². The number of aromatic nitrogens is 2. The van der Waals surface area contributed by atoms with Gasteiger partial charge in [0.1, 0.15) is 10.8 Å². The Morgan fingerprint density at radius 1 is 1.40 bits per heavy atom. The number of hydrogen-bond donors (Lipinski definition) is 0. The van der Waals surface area contributed by atoms with Crippen molar-refractivity contribution in [3.05, 3.63) is 10.8 Å². The zero-order valence-corrected chi connectivity index (χ0v) is 10.1. The van der Waals surface area contributed by atoms with Crippen LogP contribution >= 0.6 is 11.5 Å². The first kappa shape index (κ1) is 9.73. The fourth-order valence-electron chi connectivity index (χ4n) is 2.70. The topological polar surface area (TPSA) is 29.0 Å². The van der Waals surface area contributed by atoms with Crippen LogP contribution in [0.1, 0.15) is 42.9 Å². The van der Waals surface area contributed by atoms with Crippen LogP contribution in [0.15, 0.2) is 0 Å². The lowest BCUT2D eigenvalue weighted by atomic mass is 9.93. The van der Waals surface area contributed by atoms with Gasteiger partial charge in [-0.2, -0.15) is 4.37 Å². The highest BCUT2D eigenvalue weighted by Crippen LogP contribution is 2.40. The van der Waals surface area contributed by atoms with E-state index in [1.54, 1.807) is 11.5 Å². The van der Waals surface area contributed by atoms with Crippen molar-refractivity contribution in [3.63, 3.8) is 0 Å². The summed E-state index contributed by atoms with van der Waals surface area (Å²) in [6.45, 7) is 8.14. The average molecular weight is 223 g/mol. The summed E-state index contributed by atoms with van der Waals surface area (Å²) >= 11 is 1.63. The molecule has 3 heterocycles. The smallest absolute Gasteiger partial charge is 0.145 e. The zero-order chi connectivity index (χ0) is 10.4. The minimum atomic E-state index is 0.467. The SMILES string of the molecule is CC(C)c1nsc([C@H]2CN3CCC2C3)n1. The fraction of sp³-hybridized carbons (Fsp3) is 0.818. The molecule has 3 rings (SSSR count). The molecular formula is C11H17N3S. The molecule has 2 bridgehead atoms. The minimum Gasteiger partial charge on any atom is -0.302 e. The average Bonchev–Trinajstić information content (AvgIpc) is 2.93. The lowest BCUT2D eigenvalue weighted by Crippen LogP contribution is -2.22. The summed E-state index contributed by atoms with van der Waals surface area (Å²) in [5.41, 5.74) is 0. The predicted octanol–water partition coefficient (Wildman–Crippen LogP) is 2.08. The van der Waals surface area contributed by atoms with Crippen LogP contribution in [0.4, 0.5) is 0 Å². The predicted molar refractivity (Wildman–Crippen MR) is 61.3 cm³/mol. The molecule has 0 aliphatic carbocycles. The third-order valence-corrected chi connectivity index (χ3v) is 4.48. The van der Waals surface area contributed by atoms with Gasteiger partial charge in [0.25, 0.3) is 0 Å². The molecule has 0 radical (unpaired) electrons. The van der Waals surface area contributed by atoms with Crippen molar-refractivity contribution in [2.24, 2.45) is 5.92 Å². The lowest BCUT2D eigenvalue weighted by molar-refractivity contribution is 0.346. The van der Waals surface area contributed by atoms with E-state index >= 15 is 0 Å². The van der Waals surface area contributed by atoms with Crippen LogP contribution in [0.2, 0.25) is 0 Å². The highest BCUT2D eigenvalue weighted by atomic mass is 32.1. The Kier molecular flexibility index (Phi) is 2.29. The van der Waals surface area contributed by atoms with Crippen LogP contribution < -0.4 is 0 Å². The van der Waals surface area contributed by atoms with Crippen molar-refractivity contribution >= 4 is 11.5 Å². The van der Waals surface area contributed by atoms with Gasteiger partial charge in [0.2, 0.25) is 0 Å². The Morgan fingerprint density at radius 2 is 2.27 bits per heavy atom. The number of piperidine rings is 1. The van der Waals surface area contributed by atoms with Crippen LogP contribution in [0.25, 0.3) is 0 Å². The molecule has 0 N–H and O–H groups in total. The molecular weight excluding hydrogens is 206 g/mol. The van der Waals surface area contributed by atoms with Gasteiger partial charge in [0.05, 0.1) is 0 Å². The van der Waals surface area contributed by atoms with Gasteiger partial charge in [-0.25, -0.2) is 4.98 Å². The summed E-state index contributed by atoms with van der Waals surface area (Å²) in [6.07, 6.45) is 1.36. The van der Waals surface area contributed by atoms with E-state index < -0.39 is 0 Å². The summed E-state index contributed by atoms with van der Waals surface area (Å²) in [7, 11) is 0. The maximum Gasteiger partial charge on any atom is 0.145 e. The van der Waals surface area contributed by atoms with Crippen LogP contribution in [-0.4, -0.2) is 33.9 Å². The van der Waals surface area contributed by atoms with E-state index in [1.165, 1.54) is 31.1 Å².